The number of nitrogens with zero attached hydrogens (tertiary/aromatic N) is 2. The molecule has 28 heavy (non-hydrogen) atoms. The number of fused-ring (bicyclic) bond motifs is 1. The summed E-state index contributed by atoms with van der Waals surface area (Å²) in [4.78, 5) is 28.3. The number of aliphatic carboxylic acids is 1. The third-order valence-corrected chi connectivity index (χ3v) is 6.55. The fraction of sp³-hybridized carbons (Fsp3) is 0.636. The summed E-state index contributed by atoms with van der Waals surface area (Å²) in [5.41, 5.74) is 2.70. The van der Waals surface area contributed by atoms with E-state index in [9.17, 15) is 9.59 Å². The van der Waals surface area contributed by atoms with Crippen LogP contribution in [-0.2, 0) is 11.2 Å². The molecule has 2 fully saturated rings. The van der Waals surface area contributed by atoms with Gasteiger partial charge in [0.2, 0.25) is 0 Å². The first-order chi connectivity index (χ1) is 13.6. The first-order valence-corrected chi connectivity index (χ1v) is 10.7. The number of carbonyl (C=O) groups excluding carboxylic acids is 1. The lowest BCUT2D eigenvalue weighted by molar-refractivity contribution is -0.139. The first-order valence-electron chi connectivity index (χ1n) is 10.7. The van der Waals surface area contributed by atoms with Gasteiger partial charge in [-0.15, -0.1) is 0 Å². The smallest absolute Gasteiger partial charge is 0.318 e. The van der Waals surface area contributed by atoms with E-state index >= 15 is 0 Å². The molecule has 6 nitrogen and oxygen atoms in total. The summed E-state index contributed by atoms with van der Waals surface area (Å²) in [5.74, 6) is -0.787. The number of rotatable bonds is 7. The van der Waals surface area contributed by atoms with Crippen molar-refractivity contribution in [2.75, 3.05) is 13.1 Å². The topological polar surface area (TPSA) is 72.9 Å². The summed E-state index contributed by atoms with van der Waals surface area (Å²) in [6.07, 6.45) is 7.15. The summed E-state index contributed by atoms with van der Waals surface area (Å²) in [7, 11) is 0. The van der Waals surface area contributed by atoms with Crippen LogP contribution in [0, 0.1) is 0 Å². The van der Waals surface area contributed by atoms with E-state index in [1.165, 1.54) is 11.1 Å². The van der Waals surface area contributed by atoms with Crippen LogP contribution in [0.5, 0.6) is 0 Å². The Morgan fingerprint density at radius 2 is 1.89 bits per heavy atom. The molecule has 0 aliphatic heterocycles. The van der Waals surface area contributed by atoms with E-state index in [4.69, 9.17) is 5.11 Å². The predicted molar refractivity (Wildman–Crippen MR) is 107 cm³/mol. The average molecular weight is 386 g/mol. The van der Waals surface area contributed by atoms with Crippen molar-refractivity contribution in [2.45, 2.75) is 76.0 Å². The van der Waals surface area contributed by atoms with Crippen molar-refractivity contribution in [3.05, 3.63) is 35.4 Å². The molecule has 2 N–H and O–H groups in total. The fourth-order valence-corrected chi connectivity index (χ4v) is 4.86. The van der Waals surface area contributed by atoms with Gasteiger partial charge in [0.05, 0.1) is 12.6 Å². The molecule has 2 amide bonds. The number of benzene rings is 1. The number of hydrogen-bond acceptors (Lipinski definition) is 3. The van der Waals surface area contributed by atoms with Gasteiger partial charge in [-0.2, -0.15) is 0 Å². The lowest BCUT2D eigenvalue weighted by atomic mass is 9.85. The highest BCUT2D eigenvalue weighted by Crippen LogP contribution is 2.41. The van der Waals surface area contributed by atoms with E-state index in [1.54, 1.807) is 0 Å². The molecule has 152 valence electrons. The van der Waals surface area contributed by atoms with Crippen LogP contribution in [0.15, 0.2) is 24.3 Å². The van der Waals surface area contributed by atoms with Crippen molar-refractivity contribution in [1.82, 2.24) is 15.1 Å². The van der Waals surface area contributed by atoms with Gasteiger partial charge in [-0.25, -0.2) is 4.79 Å². The molecule has 0 bridgehead atoms. The average Bonchev–Trinajstić information content (AvgIpc) is 3.48. The van der Waals surface area contributed by atoms with Gasteiger partial charge in [0, 0.05) is 18.1 Å². The van der Waals surface area contributed by atoms with Crippen LogP contribution >= 0.6 is 0 Å². The number of amides is 2. The van der Waals surface area contributed by atoms with Crippen LogP contribution in [0.3, 0.4) is 0 Å². The van der Waals surface area contributed by atoms with E-state index in [1.807, 2.05) is 11.8 Å². The number of carboxylic acid groups (broad SMARTS) is 1. The molecule has 0 heterocycles. The van der Waals surface area contributed by atoms with Gasteiger partial charge in [0.1, 0.15) is 0 Å². The number of likely N-dealkylation sites (N-methyl/N-ethyl adjacent to an activating group) is 1. The monoisotopic (exact) mass is 385 g/mol. The largest absolute Gasteiger partial charge is 0.480 e. The number of aryl methyl sites for hydroxylation is 1. The summed E-state index contributed by atoms with van der Waals surface area (Å²) in [6.45, 7) is 2.80. The first kappa shape index (κ1) is 19.2. The van der Waals surface area contributed by atoms with Gasteiger partial charge in [0.25, 0.3) is 0 Å². The Kier molecular flexibility index (Phi) is 5.58. The minimum absolute atomic E-state index is 0.0638. The van der Waals surface area contributed by atoms with Crippen LogP contribution in [0.4, 0.5) is 4.79 Å². The number of carboxylic acids is 1. The molecule has 0 saturated heterocycles. The quantitative estimate of drug-likeness (QED) is 0.756. The van der Waals surface area contributed by atoms with Crippen molar-refractivity contribution in [3.63, 3.8) is 0 Å². The molecule has 2 saturated carbocycles. The Morgan fingerprint density at radius 3 is 2.57 bits per heavy atom. The fourth-order valence-electron chi connectivity index (χ4n) is 4.86. The predicted octanol–water partition coefficient (Wildman–Crippen LogP) is 3.18. The summed E-state index contributed by atoms with van der Waals surface area (Å²) in [5, 5.41) is 12.3. The Hall–Kier alpha value is -2.08. The Bertz CT molecular complexity index is 727. The lowest BCUT2D eigenvalue weighted by Crippen LogP contribution is -2.57. The molecule has 0 radical (unpaired) electrons. The minimum atomic E-state index is -0.787. The second-order valence-electron chi connectivity index (χ2n) is 8.47. The molecule has 1 atom stereocenters. The Labute approximate surface area is 166 Å². The lowest BCUT2D eigenvalue weighted by Gasteiger charge is -2.44. The van der Waals surface area contributed by atoms with Gasteiger partial charge in [-0.3, -0.25) is 9.69 Å². The van der Waals surface area contributed by atoms with E-state index in [2.05, 4.69) is 34.5 Å². The van der Waals surface area contributed by atoms with Gasteiger partial charge < -0.3 is 15.3 Å². The molecule has 0 aromatic heterocycles. The third kappa shape index (κ3) is 4.02. The zero-order valence-corrected chi connectivity index (χ0v) is 16.6. The molecule has 3 aliphatic rings. The molecular formula is C22H31N3O3. The van der Waals surface area contributed by atoms with Crippen molar-refractivity contribution in [3.8, 4) is 0 Å². The molecule has 6 heteroatoms. The van der Waals surface area contributed by atoms with Crippen LogP contribution in [0.2, 0.25) is 0 Å². The third-order valence-electron chi connectivity index (χ3n) is 6.55. The zero-order valence-electron chi connectivity index (χ0n) is 16.6. The molecule has 1 aromatic carbocycles. The zero-order chi connectivity index (χ0) is 19.7. The highest BCUT2D eigenvalue weighted by atomic mass is 16.4. The van der Waals surface area contributed by atoms with Crippen molar-refractivity contribution in [1.29, 1.82) is 0 Å². The molecule has 4 rings (SSSR count). The van der Waals surface area contributed by atoms with Crippen LogP contribution in [0.1, 0.15) is 62.6 Å². The van der Waals surface area contributed by atoms with E-state index in [0.717, 1.165) is 51.5 Å². The highest BCUT2D eigenvalue weighted by molar-refractivity contribution is 5.76. The van der Waals surface area contributed by atoms with Crippen molar-refractivity contribution < 1.29 is 14.7 Å². The highest BCUT2D eigenvalue weighted by Gasteiger charge is 2.42. The maximum atomic E-state index is 13.2. The van der Waals surface area contributed by atoms with Crippen LogP contribution in [-0.4, -0.2) is 58.1 Å². The standard InChI is InChI=1S/C22H31N3O3/c1-2-24(14-21(26)27)18-12-16(13-18)23-22(28)25(17-10-11-17)20-9-5-7-15-6-3-4-8-19(15)20/h3-4,6,8,16-18,20H,2,5,7,9-14H2,1H3,(H,23,28)(H,26,27). The molecular weight excluding hydrogens is 354 g/mol. The number of carbonyl (C=O) groups is 2. The number of nitrogens with one attached hydrogen (secondary N) is 1. The second-order valence-corrected chi connectivity index (χ2v) is 8.47. The Balaban J connectivity index is 1.38. The summed E-state index contributed by atoms with van der Waals surface area (Å²) in [6, 6.07) is 9.59. The van der Waals surface area contributed by atoms with Gasteiger partial charge in [0.15, 0.2) is 0 Å². The maximum Gasteiger partial charge on any atom is 0.318 e. The maximum absolute atomic E-state index is 13.2. The normalized spacial score (nSPS) is 26.3. The van der Waals surface area contributed by atoms with E-state index in [-0.39, 0.29) is 30.7 Å². The summed E-state index contributed by atoms with van der Waals surface area (Å²) >= 11 is 0. The van der Waals surface area contributed by atoms with Gasteiger partial charge in [-0.05, 0) is 62.6 Å². The molecule has 0 spiro atoms. The molecule has 1 aromatic rings. The van der Waals surface area contributed by atoms with E-state index in [0.29, 0.717) is 6.04 Å². The molecule has 3 aliphatic carbocycles. The SMILES string of the molecule is CCN(CC(=O)O)C1CC(NC(=O)N(C2CC2)C2CCCc3ccccc32)C1. The van der Waals surface area contributed by atoms with Crippen LogP contribution in [0.25, 0.3) is 0 Å². The van der Waals surface area contributed by atoms with Gasteiger partial charge in [-0.1, -0.05) is 31.2 Å². The van der Waals surface area contributed by atoms with Crippen LogP contribution < -0.4 is 5.32 Å². The number of urea groups is 1. The second kappa shape index (κ2) is 8.11. The van der Waals surface area contributed by atoms with E-state index < -0.39 is 5.97 Å². The van der Waals surface area contributed by atoms with Crippen molar-refractivity contribution in [2.24, 2.45) is 0 Å². The minimum Gasteiger partial charge on any atom is -0.480 e. The molecule has 1 unspecified atom stereocenters. The van der Waals surface area contributed by atoms with Gasteiger partial charge >= 0.3 is 12.0 Å². The van der Waals surface area contributed by atoms with Crippen molar-refractivity contribution >= 4 is 12.0 Å². The summed E-state index contributed by atoms with van der Waals surface area (Å²) < 4.78 is 0. The Morgan fingerprint density at radius 1 is 1.14 bits per heavy atom. The number of hydrogen-bond donors (Lipinski definition) is 2.